The van der Waals surface area contributed by atoms with Crippen molar-refractivity contribution in [2.24, 2.45) is 0 Å². The molecule has 2 fully saturated rings. The van der Waals surface area contributed by atoms with E-state index in [2.05, 4.69) is 4.90 Å². The zero-order valence-corrected chi connectivity index (χ0v) is 17.9. The van der Waals surface area contributed by atoms with Crippen molar-refractivity contribution in [1.82, 2.24) is 9.80 Å². The second kappa shape index (κ2) is 9.42. The fourth-order valence-electron chi connectivity index (χ4n) is 4.15. The summed E-state index contributed by atoms with van der Waals surface area (Å²) in [5, 5.41) is 21.1. The van der Waals surface area contributed by atoms with Crippen LogP contribution in [0.15, 0.2) is 54.1 Å². The molecule has 0 saturated carbocycles. The molecule has 2 N–H and O–H groups in total. The third kappa shape index (κ3) is 4.19. The number of rotatable bonds is 6. The molecule has 2 aromatic carbocycles. The number of morpholine rings is 1. The van der Waals surface area contributed by atoms with Crippen molar-refractivity contribution >= 4 is 17.4 Å². The SMILES string of the molecule is COc1cc(C2C(=C(O)c3ccccc3)C(=O)C(=O)N2CCN2CCOCC2)ccc1O. The minimum absolute atomic E-state index is 0.0240. The van der Waals surface area contributed by atoms with Crippen LogP contribution < -0.4 is 4.74 Å². The number of Topliss-reactive ketones (excluding diaryl/α,β-unsaturated/α-hetero) is 1. The van der Waals surface area contributed by atoms with Gasteiger partial charge in [0, 0.05) is 31.7 Å². The summed E-state index contributed by atoms with van der Waals surface area (Å²) >= 11 is 0. The van der Waals surface area contributed by atoms with E-state index < -0.39 is 17.7 Å². The zero-order chi connectivity index (χ0) is 22.7. The van der Waals surface area contributed by atoms with Gasteiger partial charge in [-0.1, -0.05) is 36.4 Å². The summed E-state index contributed by atoms with van der Waals surface area (Å²) in [6.45, 7) is 3.66. The first-order chi connectivity index (χ1) is 15.5. The van der Waals surface area contributed by atoms with Crippen LogP contribution >= 0.6 is 0 Å². The fraction of sp³-hybridized carbons (Fsp3) is 0.333. The topological polar surface area (TPSA) is 99.5 Å². The van der Waals surface area contributed by atoms with Gasteiger partial charge in [0.2, 0.25) is 0 Å². The van der Waals surface area contributed by atoms with Crippen molar-refractivity contribution in [1.29, 1.82) is 0 Å². The van der Waals surface area contributed by atoms with Gasteiger partial charge in [-0.3, -0.25) is 14.5 Å². The maximum Gasteiger partial charge on any atom is 0.295 e. The summed E-state index contributed by atoms with van der Waals surface area (Å²) in [7, 11) is 1.43. The number of carbonyl (C=O) groups is 2. The molecule has 0 bridgehead atoms. The number of carbonyl (C=O) groups excluding carboxylic acids is 2. The van der Waals surface area contributed by atoms with Crippen LogP contribution in [0.2, 0.25) is 0 Å². The molecule has 2 aliphatic rings. The van der Waals surface area contributed by atoms with Gasteiger partial charge in [-0.2, -0.15) is 0 Å². The number of phenols is 1. The quantitative estimate of drug-likeness (QED) is 0.405. The molecule has 4 rings (SSSR count). The largest absolute Gasteiger partial charge is 0.507 e. The Balaban J connectivity index is 1.76. The van der Waals surface area contributed by atoms with Crippen LogP contribution in [0.5, 0.6) is 11.5 Å². The lowest BCUT2D eigenvalue weighted by atomic mass is 9.95. The number of nitrogens with zero attached hydrogens (tertiary/aromatic N) is 2. The first kappa shape index (κ1) is 21.9. The molecule has 0 spiro atoms. The Morgan fingerprint density at radius 3 is 2.50 bits per heavy atom. The Kier molecular flexibility index (Phi) is 6.43. The zero-order valence-electron chi connectivity index (χ0n) is 17.9. The monoisotopic (exact) mass is 438 g/mol. The Labute approximate surface area is 186 Å². The number of ketones is 1. The predicted octanol–water partition coefficient (Wildman–Crippen LogP) is 2.15. The van der Waals surface area contributed by atoms with Crippen LogP contribution in [0.3, 0.4) is 0 Å². The van der Waals surface area contributed by atoms with Crippen LogP contribution in [0.1, 0.15) is 17.2 Å². The molecule has 2 saturated heterocycles. The maximum atomic E-state index is 13.1. The van der Waals surface area contributed by atoms with Crippen molar-refractivity contribution in [2.45, 2.75) is 6.04 Å². The van der Waals surface area contributed by atoms with Crippen molar-refractivity contribution in [2.75, 3.05) is 46.5 Å². The Morgan fingerprint density at radius 2 is 1.81 bits per heavy atom. The molecular weight excluding hydrogens is 412 g/mol. The van der Waals surface area contributed by atoms with Gasteiger partial charge in [0.05, 0.1) is 31.9 Å². The molecule has 168 valence electrons. The van der Waals surface area contributed by atoms with E-state index >= 15 is 0 Å². The first-order valence-corrected chi connectivity index (χ1v) is 10.5. The lowest BCUT2D eigenvalue weighted by Crippen LogP contribution is -2.42. The van der Waals surface area contributed by atoms with E-state index in [0.29, 0.717) is 37.4 Å². The minimum Gasteiger partial charge on any atom is -0.507 e. The van der Waals surface area contributed by atoms with E-state index in [-0.39, 0.29) is 22.8 Å². The van der Waals surface area contributed by atoms with E-state index in [4.69, 9.17) is 9.47 Å². The standard InChI is InChI=1S/C24H26N2O6/c1-31-19-15-17(7-8-18(19)27)21-20(22(28)16-5-3-2-4-6-16)23(29)24(30)26(21)10-9-25-11-13-32-14-12-25/h2-8,15,21,27-28H,9-14H2,1H3. The van der Waals surface area contributed by atoms with Crippen molar-refractivity contribution in [3.8, 4) is 11.5 Å². The van der Waals surface area contributed by atoms with E-state index in [9.17, 15) is 19.8 Å². The van der Waals surface area contributed by atoms with E-state index in [1.54, 1.807) is 42.5 Å². The molecule has 8 heteroatoms. The molecule has 0 aromatic heterocycles. The fourth-order valence-corrected chi connectivity index (χ4v) is 4.15. The van der Waals surface area contributed by atoms with E-state index in [1.165, 1.54) is 18.1 Å². The van der Waals surface area contributed by atoms with Crippen LogP contribution in [-0.4, -0.2) is 78.2 Å². The number of amides is 1. The van der Waals surface area contributed by atoms with Gasteiger partial charge in [-0.25, -0.2) is 0 Å². The van der Waals surface area contributed by atoms with Crippen LogP contribution in [-0.2, 0) is 14.3 Å². The molecule has 2 aliphatic heterocycles. The number of benzene rings is 2. The highest BCUT2D eigenvalue weighted by Crippen LogP contribution is 2.41. The summed E-state index contributed by atoms with van der Waals surface area (Å²) in [6.07, 6.45) is 0. The highest BCUT2D eigenvalue weighted by Gasteiger charge is 2.46. The second-order valence-electron chi connectivity index (χ2n) is 7.74. The first-order valence-electron chi connectivity index (χ1n) is 10.5. The van der Waals surface area contributed by atoms with Gasteiger partial charge in [0.25, 0.3) is 11.7 Å². The van der Waals surface area contributed by atoms with Gasteiger partial charge in [0.15, 0.2) is 11.5 Å². The lowest BCUT2D eigenvalue weighted by molar-refractivity contribution is -0.140. The summed E-state index contributed by atoms with van der Waals surface area (Å²) in [5.74, 6) is -1.45. The lowest BCUT2D eigenvalue weighted by Gasteiger charge is -2.31. The third-order valence-electron chi connectivity index (χ3n) is 5.87. The Morgan fingerprint density at radius 1 is 1.09 bits per heavy atom. The number of ether oxygens (including phenoxy) is 2. The number of likely N-dealkylation sites (tertiary alicyclic amines) is 1. The summed E-state index contributed by atoms with van der Waals surface area (Å²) < 4.78 is 10.6. The number of aliphatic hydroxyl groups is 1. The molecule has 1 unspecified atom stereocenters. The maximum absolute atomic E-state index is 13.1. The summed E-state index contributed by atoms with van der Waals surface area (Å²) in [5.41, 5.74) is 1.05. The Bertz CT molecular complexity index is 1030. The minimum atomic E-state index is -0.800. The molecular formula is C24H26N2O6. The van der Waals surface area contributed by atoms with Gasteiger partial charge >= 0.3 is 0 Å². The molecule has 1 amide bonds. The van der Waals surface area contributed by atoms with Gasteiger partial charge in [-0.05, 0) is 17.7 Å². The van der Waals surface area contributed by atoms with Crippen LogP contribution in [0.4, 0.5) is 0 Å². The van der Waals surface area contributed by atoms with Gasteiger partial charge < -0.3 is 24.6 Å². The average Bonchev–Trinajstić information content (AvgIpc) is 3.08. The van der Waals surface area contributed by atoms with Crippen molar-refractivity contribution in [3.63, 3.8) is 0 Å². The average molecular weight is 438 g/mol. The van der Waals surface area contributed by atoms with E-state index in [1.807, 2.05) is 0 Å². The second-order valence-corrected chi connectivity index (χ2v) is 7.74. The number of hydrogen-bond acceptors (Lipinski definition) is 7. The van der Waals surface area contributed by atoms with E-state index in [0.717, 1.165) is 13.1 Å². The molecule has 32 heavy (non-hydrogen) atoms. The number of aromatic hydroxyl groups is 1. The highest BCUT2D eigenvalue weighted by atomic mass is 16.5. The summed E-state index contributed by atoms with van der Waals surface area (Å²) in [4.78, 5) is 29.8. The third-order valence-corrected chi connectivity index (χ3v) is 5.87. The smallest absolute Gasteiger partial charge is 0.295 e. The number of aliphatic hydroxyl groups excluding tert-OH is 1. The predicted molar refractivity (Wildman–Crippen MR) is 117 cm³/mol. The van der Waals surface area contributed by atoms with Crippen molar-refractivity contribution in [3.05, 3.63) is 65.2 Å². The summed E-state index contributed by atoms with van der Waals surface area (Å²) in [6, 6.07) is 12.6. The van der Waals surface area contributed by atoms with Crippen LogP contribution in [0.25, 0.3) is 5.76 Å². The van der Waals surface area contributed by atoms with Gasteiger partial charge in [-0.15, -0.1) is 0 Å². The number of methoxy groups -OCH3 is 1. The highest BCUT2D eigenvalue weighted by molar-refractivity contribution is 6.46. The van der Waals surface area contributed by atoms with Crippen molar-refractivity contribution < 1.29 is 29.3 Å². The molecule has 1 atom stereocenters. The molecule has 0 radical (unpaired) electrons. The van der Waals surface area contributed by atoms with Gasteiger partial charge in [0.1, 0.15) is 5.76 Å². The van der Waals surface area contributed by atoms with Crippen LogP contribution in [0, 0.1) is 0 Å². The number of phenolic OH excluding ortho intramolecular Hbond substituents is 1. The molecule has 2 aromatic rings. The molecule has 0 aliphatic carbocycles. The Hall–Kier alpha value is -3.36. The number of hydrogen-bond donors (Lipinski definition) is 2. The molecule has 8 nitrogen and oxygen atoms in total. The normalized spacial score (nSPS) is 21.2. The molecule has 2 heterocycles.